The lowest BCUT2D eigenvalue weighted by molar-refractivity contribution is -0.138. The molecule has 1 heterocycles. The highest BCUT2D eigenvalue weighted by Gasteiger charge is 2.34. The summed E-state index contributed by atoms with van der Waals surface area (Å²) in [5, 5.41) is 5.77. The molecule has 1 aliphatic heterocycles. The van der Waals surface area contributed by atoms with Crippen LogP contribution < -0.4 is 10.6 Å². The van der Waals surface area contributed by atoms with E-state index in [1.807, 2.05) is 0 Å². The van der Waals surface area contributed by atoms with Crippen molar-refractivity contribution in [3.05, 3.63) is 35.4 Å². The van der Waals surface area contributed by atoms with Gasteiger partial charge < -0.3 is 15.4 Å². The molecule has 1 amide bonds. The molecule has 22 heavy (non-hydrogen) atoms. The number of rotatable bonds is 4. The molecule has 2 rings (SSSR count). The van der Waals surface area contributed by atoms with E-state index in [1.54, 1.807) is 0 Å². The molecular formula is C14H18ClF3N2O2. The Balaban J connectivity index is 0.00000242. The average molecular weight is 339 g/mol. The second-order valence-corrected chi connectivity index (χ2v) is 4.94. The Morgan fingerprint density at radius 3 is 2.68 bits per heavy atom. The van der Waals surface area contributed by atoms with Gasteiger partial charge in [0.05, 0.1) is 24.1 Å². The number of carbonyl (C=O) groups excluding carboxylic acids is 1. The number of carbonyl (C=O) groups is 1. The minimum atomic E-state index is -4.46. The van der Waals surface area contributed by atoms with E-state index in [0.717, 1.165) is 6.07 Å². The van der Waals surface area contributed by atoms with Crippen LogP contribution in [-0.4, -0.2) is 38.3 Å². The molecule has 0 bridgehead atoms. The van der Waals surface area contributed by atoms with E-state index in [0.29, 0.717) is 13.1 Å². The Labute approximate surface area is 132 Å². The Morgan fingerprint density at radius 2 is 2.05 bits per heavy atom. The predicted octanol–water partition coefficient (Wildman–Crippen LogP) is 1.77. The molecule has 0 aromatic heterocycles. The molecule has 1 aromatic rings. The van der Waals surface area contributed by atoms with Gasteiger partial charge in [-0.1, -0.05) is 18.2 Å². The van der Waals surface area contributed by atoms with Crippen molar-refractivity contribution in [2.75, 3.05) is 20.2 Å². The summed E-state index contributed by atoms with van der Waals surface area (Å²) >= 11 is 0. The molecule has 0 spiro atoms. The number of benzene rings is 1. The molecule has 1 aromatic carbocycles. The van der Waals surface area contributed by atoms with E-state index < -0.39 is 17.6 Å². The van der Waals surface area contributed by atoms with Crippen LogP contribution in [0.15, 0.2) is 24.3 Å². The molecule has 0 saturated carbocycles. The van der Waals surface area contributed by atoms with Gasteiger partial charge in [-0.25, -0.2) is 0 Å². The molecule has 4 nitrogen and oxygen atoms in total. The first-order chi connectivity index (χ1) is 9.91. The molecule has 0 radical (unpaired) electrons. The van der Waals surface area contributed by atoms with Crippen molar-refractivity contribution in [1.29, 1.82) is 0 Å². The first kappa shape index (κ1) is 18.7. The first-order valence-corrected chi connectivity index (χ1v) is 6.60. The van der Waals surface area contributed by atoms with Gasteiger partial charge in [-0.15, -0.1) is 12.4 Å². The summed E-state index contributed by atoms with van der Waals surface area (Å²) in [5.41, 5.74) is -0.796. The van der Waals surface area contributed by atoms with Crippen LogP contribution in [0.3, 0.4) is 0 Å². The van der Waals surface area contributed by atoms with Gasteiger partial charge >= 0.3 is 6.18 Å². The minimum absolute atomic E-state index is 0. The quantitative estimate of drug-likeness (QED) is 0.880. The van der Waals surface area contributed by atoms with Crippen molar-refractivity contribution in [2.24, 2.45) is 0 Å². The lowest BCUT2D eigenvalue weighted by Crippen LogP contribution is -2.44. The van der Waals surface area contributed by atoms with Gasteiger partial charge in [0.2, 0.25) is 5.91 Å². The third kappa shape index (κ3) is 4.59. The third-order valence-corrected chi connectivity index (χ3v) is 3.48. The Bertz CT molecular complexity index is 511. The molecule has 1 unspecified atom stereocenters. The SMILES string of the molecule is CO[C@H]1CNCC1NC(=O)Cc1ccccc1C(F)(F)F.Cl. The summed E-state index contributed by atoms with van der Waals surface area (Å²) in [6, 6.07) is 4.89. The fraction of sp³-hybridized carbons (Fsp3) is 0.500. The Hall–Kier alpha value is -1.31. The summed E-state index contributed by atoms with van der Waals surface area (Å²) in [4.78, 5) is 11.9. The fourth-order valence-corrected chi connectivity index (χ4v) is 2.43. The number of nitrogens with one attached hydrogen (secondary N) is 2. The van der Waals surface area contributed by atoms with E-state index in [1.165, 1.54) is 25.3 Å². The number of alkyl halides is 3. The first-order valence-electron chi connectivity index (χ1n) is 6.60. The molecule has 8 heteroatoms. The van der Waals surface area contributed by atoms with Gasteiger partial charge in [0.15, 0.2) is 0 Å². The van der Waals surface area contributed by atoms with Crippen molar-refractivity contribution < 1.29 is 22.7 Å². The van der Waals surface area contributed by atoms with Crippen LogP contribution in [0, 0.1) is 0 Å². The maximum Gasteiger partial charge on any atom is 0.416 e. The van der Waals surface area contributed by atoms with Crippen LogP contribution >= 0.6 is 12.4 Å². The molecule has 2 atom stereocenters. The number of ether oxygens (including phenoxy) is 1. The molecule has 1 aliphatic rings. The van der Waals surface area contributed by atoms with E-state index in [4.69, 9.17) is 4.74 Å². The van der Waals surface area contributed by atoms with Crippen LogP contribution in [0.25, 0.3) is 0 Å². The van der Waals surface area contributed by atoms with Gasteiger partial charge in [-0.05, 0) is 11.6 Å². The summed E-state index contributed by atoms with van der Waals surface area (Å²) in [6.07, 6.45) is -4.92. The molecule has 0 aliphatic carbocycles. The second-order valence-electron chi connectivity index (χ2n) is 4.94. The van der Waals surface area contributed by atoms with E-state index >= 15 is 0 Å². The van der Waals surface area contributed by atoms with Crippen molar-refractivity contribution in [3.63, 3.8) is 0 Å². The van der Waals surface area contributed by atoms with Gasteiger partial charge in [0.25, 0.3) is 0 Å². The van der Waals surface area contributed by atoms with E-state index in [9.17, 15) is 18.0 Å². The molecule has 2 N–H and O–H groups in total. The summed E-state index contributed by atoms with van der Waals surface area (Å²) < 4.78 is 43.8. The smallest absolute Gasteiger partial charge is 0.378 e. The van der Waals surface area contributed by atoms with Crippen LogP contribution in [-0.2, 0) is 22.1 Å². The Kier molecular flexibility index (Phi) is 6.65. The number of hydrogen-bond acceptors (Lipinski definition) is 3. The standard InChI is InChI=1S/C14H17F3N2O2.ClH/c1-21-12-8-18-7-11(12)19-13(20)6-9-4-2-3-5-10(9)14(15,16)17;/h2-5,11-12,18H,6-8H2,1H3,(H,19,20);1H/t11?,12-;/m0./s1. The second kappa shape index (κ2) is 7.80. The third-order valence-electron chi connectivity index (χ3n) is 3.48. The monoisotopic (exact) mass is 338 g/mol. The van der Waals surface area contributed by atoms with Crippen molar-refractivity contribution in [3.8, 4) is 0 Å². The van der Waals surface area contributed by atoms with E-state index in [-0.39, 0.29) is 36.5 Å². The van der Waals surface area contributed by atoms with Crippen LogP contribution in [0.5, 0.6) is 0 Å². The highest BCUT2D eigenvalue weighted by Crippen LogP contribution is 2.32. The summed E-state index contributed by atoms with van der Waals surface area (Å²) in [6.45, 7) is 1.16. The zero-order valence-corrected chi connectivity index (χ0v) is 12.8. The van der Waals surface area contributed by atoms with Crippen LogP contribution in [0.1, 0.15) is 11.1 Å². The number of amides is 1. The van der Waals surface area contributed by atoms with Gasteiger partial charge in [-0.3, -0.25) is 4.79 Å². The zero-order chi connectivity index (χ0) is 15.5. The number of halogens is 4. The average Bonchev–Trinajstić information content (AvgIpc) is 2.85. The topological polar surface area (TPSA) is 50.4 Å². The van der Waals surface area contributed by atoms with Gasteiger partial charge in [0, 0.05) is 20.2 Å². The van der Waals surface area contributed by atoms with Crippen molar-refractivity contribution in [2.45, 2.75) is 24.7 Å². The molecule has 1 saturated heterocycles. The number of methoxy groups -OCH3 is 1. The largest absolute Gasteiger partial charge is 0.416 e. The van der Waals surface area contributed by atoms with Crippen molar-refractivity contribution in [1.82, 2.24) is 10.6 Å². The lowest BCUT2D eigenvalue weighted by Gasteiger charge is -2.19. The zero-order valence-electron chi connectivity index (χ0n) is 11.9. The van der Waals surface area contributed by atoms with Crippen LogP contribution in [0.2, 0.25) is 0 Å². The highest BCUT2D eigenvalue weighted by atomic mass is 35.5. The fourth-order valence-electron chi connectivity index (χ4n) is 2.43. The lowest BCUT2D eigenvalue weighted by atomic mass is 10.0. The van der Waals surface area contributed by atoms with Crippen molar-refractivity contribution >= 4 is 18.3 Å². The van der Waals surface area contributed by atoms with Gasteiger partial charge in [-0.2, -0.15) is 13.2 Å². The summed E-state index contributed by atoms with van der Waals surface area (Å²) in [7, 11) is 1.54. The summed E-state index contributed by atoms with van der Waals surface area (Å²) in [5.74, 6) is -0.442. The number of hydrogen-bond donors (Lipinski definition) is 2. The normalized spacial score (nSPS) is 21.3. The maximum atomic E-state index is 12.9. The molecule has 124 valence electrons. The maximum absolute atomic E-state index is 12.9. The highest BCUT2D eigenvalue weighted by molar-refractivity contribution is 5.85. The van der Waals surface area contributed by atoms with Crippen LogP contribution in [0.4, 0.5) is 13.2 Å². The van der Waals surface area contributed by atoms with Gasteiger partial charge in [0.1, 0.15) is 0 Å². The minimum Gasteiger partial charge on any atom is -0.378 e. The van der Waals surface area contributed by atoms with E-state index in [2.05, 4.69) is 10.6 Å². The predicted molar refractivity (Wildman–Crippen MR) is 78.0 cm³/mol. The Morgan fingerprint density at radius 1 is 1.36 bits per heavy atom. The molecular weight excluding hydrogens is 321 g/mol. The molecule has 1 fully saturated rings.